The summed E-state index contributed by atoms with van der Waals surface area (Å²) >= 11 is 2.03. The van der Waals surface area contributed by atoms with Crippen molar-refractivity contribution in [2.75, 3.05) is 11.5 Å². The largest absolute Gasteiger partial charge is 0.481 e. The van der Waals surface area contributed by atoms with E-state index in [9.17, 15) is 4.79 Å². The summed E-state index contributed by atoms with van der Waals surface area (Å²) in [6, 6.07) is 0. The number of thioether (sulfide) groups is 1. The van der Waals surface area contributed by atoms with Crippen molar-refractivity contribution in [1.29, 1.82) is 0 Å². The fourth-order valence-corrected chi connectivity index (χ4v) is 2.38. The first-order valence-corrected chi connectivity index (χ1v) is 7.72. The van der Waals surface area contributed by atoms with Crippen LogP contribution in [0.5, 0.6) is 0 Å². The Morgan fingerprint density at radius 1 is 0.938 bits per heavy atom. The molecular weight excluding hydrogens is 220 g/mol. The first-order chi connectivity index (χ1) is 7.77. The monoisotopic (exact) mass is 246 g/mol. The van der Waals surface area contributed by atoms with Gasteiger partial charge in [-0.1, -0.05) is 45.4 Å². The van der Waals surface area contributed by atoms with Crippen LogP contribution in [0.25, 0.3) is 0 Å². The molecule has 2 nitrogen and oxygen atoms in total. The summed E-state index contributed by atoms with van der Waals surface area (Å²) in [5.41, 5.74) is 0. The van der Waals surface area contributed by atoms with Gasteiger partial charge in [-0.25, -0.2) is 0 Å². The highest BCUT2D eigenvalue weighted by Crippen LogP contribution is 2.11. The van der Waals surface area contributed by atoms with Crippen LogP contribution in [0.4, 0.5) is 0 Å². The molecule has 0 aromatic heterocycles. The van der Waals surface area contributed by atoms with Crippen LogP contribution in [0, 0.1) is 0 Å². The summed E-state index contributed by atoms with van der Waals surface area (Å²) in [4.78, 5) is 10.3. The van der Waals surface area contributed by atoms with Crippen molar-refractivity contribution in [2.45, 2.75) is 64.7 Å². The van der Waals surface area contributed by atoms with E-state index in [1.807, 2.05) is 11.8 Å². The highest BCUT2D eigenvalue weighted by molar-refractivity contribution is 7.99. The molecule has 0 aliphatic carbocycles. The molecule has 0 unspecified atom stereocenters. The molecule has 0 rings (SSSR count). The maximum atomic E-state index is 10.3. The van der Waals surface area contributed by atoms with Gasteiger partial charge < -0.3 is 5.11 Å². The normalized spacial score (nSPS) is 10.6. The zero-order chi connectivity index (χ0) is 12.1. The molecule has 0 aliphatic rings. The molecule has 3 heteroatoms. The summed E-state index contributed by atoms with van der Waals surface area (Å²) in [6.07, 6.45) is 10.2. The lowest BCUT2D eigenvalue weighted by molar-refractivity contribution is -0.137. The zero-order valence-electron chi connectivity index (χ0n) is 10.5. The van der Waals surface area contributed by atoms with Gasteiger partial charge in [-0.3, -0.25) is 4.79 Å². The molecule has 0 heterocycles. The van der Waals surface area contributed by atoms with Gasteiger partial charge in [0, 0.05) is 6.42 Å². The van der Waals surface area contributed by atoms with E-state index in [1.54, 1.807) is 0 Å². The van der Waals surface area contributed by atoms with Crippen LogP contribution in [0.3, 0.4) is 0 Å². The molecule has 0 atom stereocenters. The fourth-order valence-electron chi connectivity index (χ4n) is 1.69. The van der Waals surface area contributed by atoms with Crippen molar-refractivity contribution < 1.29 is 9.90 Å². The summed E-state index contributed by atoms with van der Waals surface area (Å²) in [5.74, 6) is 1.90. The number of rotatable bonds is 12. The third-order valence-corrected chi connectivity index (χ3v) is 3.62. The van der Waals surface area contributed by atoms with E-state index in [2.05, 4.69) is 6.92 Å². The van der Waals surface area contributed by atoms with Gasteiger partial charge >= 0.3 is 5.97 Å². The smallest absolute Gasteiger partial charge is 0.303 e. The van der Waals surface area contributed by atoms with Crippen molar-refractivity contribution in [3.8, 4) is 0 Å². The number of carboxylic acids is 1. The van der Waals surface area contributed by atoms with E-state index in [1.165, 1.54) is 50.0 Å². The van der Waals surface area contributed by atoms with Gasteiger partial charge in [0.2, 0.25) is 0 Å². The lowest BCUT2D eigenvalue weighted by atomic mass is 10.1. The minimum Gasteiger partial charge on any atom is -0.481 e. The van der Waals surface area contributed by atoms with Gasteiger partial charge in [0.05, 0.1) is 0 Å². The summed E-state index contributed by atoms with van der Waals surface area (Å²) in [5, 5.41) is 8.46. The molecule has 0 spiro atoms. The van der Waals surface area contributed by atoms with Gasteiger partial charge in [-0.15, -0.1) is 0 Å². The third-order valence-electron chi connectivity index (χ3n) is 2.63. The molecule has 0 saturated heterocycles. The molecule has 0 aromatic carbocycles. The van der Waals surface area contributed by atoms with Crippen molar-refractivity contribution in [3.05, 3.63) is 0 Å². The Bertz CT molecular complexity index is 160. The molecular formula is C13H26O2S. The Kier molecular flexibility index (Phi) is 12.7. The predicted octanol–water partition coefficient (Wildman–Crippen LogP) is 4.34. The Morgan fingerprint density at radius 2 is 1.44 bits per heavy atom. The second kappa shape index (κ2) is 12.9. The van der Waals surface area contributed by atoms with Crippen LogP contribution in [0.2, 0.25) is 0 Å². The third kappa shape index (κ3) is 13.8. The minimum atomic E-state index is -0.659. The van der Waals surface area contributed by atoms with Crippen LogP contribution >= 0.6 is 11.8 Å². The van der Waals surface area contributed by atoms with Gasteiger partial charge in [0.1, 0.15) is 0 Å². The SMILES string of the molecule is CCSCCCCCCCCCCC(=O)O. The quantitative estimate of drug-likeness (QED) is 0.521. The van der Waals surface area contributed by atoms with Crippen LogP contribution in [-0.2, 0) is 4.79 Å². The maximum absolute atomic E-state index is 10.3. The Balaban J connectivity index is 2.90. The number of unbranched alkanes of at least 4 members (excludes halogenated alkanes) is 7. The molecule has 0 radical (unpaired) electrons. The number of hydrogen-bond donors (Lipinski definition) is 1. The fraction of sp³-hybridized carbons (Fsp3) is 0.923. The average molecular weight is 246 g/mol. The summed E-state index contributed by atoms with van der Waals surface area (Å²) < 4.78 is 0. The van der Waals surface area contributed by atoms with Crippen molar-refractivity contribution in [3.63, 3.8) is 0 Å². The van der Waals surface area contributed by atoms with Crippen LogP contribution in [0.1, 0.15) is 64.7 Å². The number of carboxylic acid groups (broad SMARTS) is 1. The predicted molar refractivity (Wildman–Crippen MR) is 72.2 cm³/mol. The standard InChI is InChI=1S/C13H26O2S/c1-2-16-12-10-8-6-4-3-5-7-9-11-13(14)15/h2-12H2,1H3,(H,14,15). The van der Waals surface area contributed by atoms with Gasteiger partial charge in [0.25, 0.3) is 0 Å². The lowest BCUT2D eigenvalue weighted by Gasteiger charge is -2.01. The van der Waals surface area contributed by atoms with Crippen LogP contribution in [-0.4, -0.2) is 22.6 Å². The molecule has 1 N–H and O–H groups in total. The molecule has 0 bridgehead atoms. The Hall–Kier alpha value is -0.180. The van der Waals surface area contributed by atoms with E-state index >= 15 is 0 Å². The topological polar surface area (TPSA) is 37.3 Å². The summed E-state index contributed by atoms with van der Waals surface area (Å²) in [7, 11) is 0. The first-order valence-electron chi connectivity index (χ1n) is 6.57. The van der Waals surface area contributed by atoms with Crippen molar-refractivity contribution in [1.82, 2.24) is 0 Å². The van der Waals surface area contributed by atoms with Crippen LogP contribution < -0.4 is 0 Å². The van der Waals surface area contributed by atoms with Gasteiger partial charge in [-0.2, -0.15) is 11.8 Å². The molecule has 16 heavy (non-hydrogen) atoms. The molecule has 0 saturated carbocycles. The van der Waals surface area contributed by atoms with E-state index < -0.39 is 5.97 Å². The number of carbonyl (C=O) groups is 1. The van der Waals surface area contributed by atoms with Gasteiger partial charge in [-0.05, 0) is 24.3 Å². The lowest BCUT2D eigenvalue weighted by Crippen LogP contribution is -1.93. The van der Waals surface area contributed by atoms with Gasteiger partial charge in [0.15, 0.2) is 0 Å². The van der Waals surface area contributed by atoms with E-state index in [0.717, 1.165) is 12.8 Å². The highest BCUT2D eigenvalue weighted by Gasteiger charge is 1.96. The second-order valence-electron chi connectivity index (χ2n) is 4.17. The minimum absolute atomic E-state index is 0.342. The Morgan fingerprint density at radius 3 is 1.94 bits per heavy atom. The van der Waals surface area contributed by atoms with E-state index in [4.69, 9.17) is 5.11 Å². The molecule has 0 aliphatic heterocycles. The average Bonchev–Trinajstić information content (AvgIpc) is 2.25. The molecule has 0 aromatic rings. The first kappa shape index (κ1) is 15.8. The highest BCUT2D eigenvalue weighted by atomic mass is 32.2. The summed E-state index contributed by atoms with van der Waals surface area (Å²) in [6.45, 7) is 2.21. The molecule has 0 amide bonds. The zero-order valence-corrected chi connectivity index (χ0v) is 11.4. The Labute approximate surface area is 104 Å². The van der Waals surface area contributed by atoms with E-state index in [-0.39, 0.29) is 0 Å². The molecule has 96 valence electrons. The maximum Gasteiger partial charge on any atom is 0.303 e. The molecule has 0 fully saturated rings. The number of aliphatic carboxylic acids is 1. The second-order valence-corrected chi connectivity index (χ2v) is 5.56. The number of hydrogen-bond acceptors (Lipinski definition) is 2. The van der Waals surface area contributed by atoms with E-state index in [0.29, 0.717) is 6.42 Å². The van der Waals surface area contributed by atoms with Crippen LogP contribution in [0.15, 0.2) is 0 Å². The van der Waals surface area contributed by atoms with Crippen molar-refractivity contribution in [2.24, 2.45) is 0 Å². The van der Waals surface area contributed by atoms with Crippen molar-refractivity contribution >= 4 is 17.7 Å².